The lowest BCUT2D eigenvalue weighted by molar-refractivity contribution is -0.682. The van der Waals surface area contributed by atoms with Crippen LogP contribution in [0.15, 0.2) is 54.6 Å². The molecule has 6 nitrogen and oxygen atoms in total. The molecule has 0 aromatic heterocycles. The van der Waals surface area contributed by atoms with Crippen LogP contribution in [0, 0.1) is 0 Å². The van der Waals surface area contributed by atoms with Gasteiger partial charge in [-0.1, -0.05) is 48.5 Å². The molecule has 1 atom stereocenters. The molecule has 0 radical (unpaired) electrons. The van der Waals surface area contributed by atoms with Crippen molar-refractivity contribution in [2.75, 3.05) is 20.2 Å². The van der Waals surface area contributed by atoms with E-state index < -0.39 is 12.1 Å². The van der Waals surface area contributed by atoms with Gasteiger partial charge in [0.25, 0.3) is 5.91 Å². The van der Waals surface area contributed by atoms with E-state index in [4.69, 9.17) is 4.74 Å². The van der Waals surface area contributed by atoms with Crippen molar-refractivity contribution >= 4 is 11.9 Å². The van der Waals surface area contributed by atoms with Gasteiger partial charge in [0.15, 0.2) is 6.04 Å². The van der Waals surface area contributed by atoms with E-state index in [1.165, 1.54) is 0 Å². The van der Waals surface area contributed by atoms with Crippen LogP contribution in [0.5, 0.6) is 5.75 Å². The Morgan fingerprint density at radius 1 is 1.08 bits per heavy atom. The number of ether oxygens (including phenoxy) is 1. The minimum Gasteiger partial charge on any atom is -0.496 e. The van der Waals surface area contributed by atoms with Gasteiger partial charge in [-0.2, -0.15) is 0 Å². The molecule has 2 rings (SSSR count). The zero-order valence-corrected chi connectivity index (χ0v) is 15.2. The number of nitrogens with one attached hydrogen (secondary N) is 2. The van der Waals surface area contributed by atoms with Crippen LogP contribution in [-0.2, 0) is 11.2 Å². The van der Waals surface area contributed by atoms with Gasteiger partial charge in [-0.05, 0) is 18.6 Å². The van der Waals surface area contributed by atoms with Gasteiger partial charge in [-0.25, -0.2) is 4.79 Å². The van der Waals surface area contributed by atoms with E-state index in [0.717, 1.165) is 23.3 Å². The molecule has 3 amide bonds. The Hall–Kier alpha value is -2.86. The summed E-state index contributed by atoms with van der Waals surface area (Å²) in [5.41, 5.74) is 1.94. The van der Waals surface area contributed by atoms with Gasteiger partial charge in [0.2, 0.25) is 0 Å². The second kappa shape index (κ2) is 10.2. The normalized spacial score (nSPS) is 11.5. The number of hydrogen-bond donors (Lipinski definition) is 3. The largest absolute Gasteiger partial charge is 0.496 e. The van der Waals surface area contributed by atoms with Crippen molar-refractivity contribution < 1.29 is 19.6 Å². The summed E-state index contributed by atoms with van der Waals surface area (Å²) in [5.74, 6) is 0.506. The molecule has 0 unspecified atom stereocenters. The number of methoxy groups -OCH3 is 1. The van der Waals surface area contributed by atoms with Crippen LogP contribution in [0.4, 0.5) is 4.79 Å². The molecule has 4 N–H and O–H groups in total. The Bertz CT molecular complexity index is 719. The fraction of sp³-hybridized carbons (Fsp3) is 0.300. The van der Waals surface area contributed by atoms with E-state index in [2.05, 4.69) is 10.6 Å². The van der Waals surface area contributed by atoms with Crippen molar-refractivity contribution in [3.05, 3.63) is 65.7 Å². The van der Waals surface area contributed by atoms with Gasteiger partial charge in [0.1, 0.15) is 5.75 Å². The van der Waals surface area contributed by atoms with Crippen molar-refractivity contribution in [3.8, 4) is 5.75 Å². The lowest BCUT2D eigenvalue weighted by atomic mass is 10.1. The molecule has 0 fully saturated rings. The van der Waals surface area contributed by atoms with Crippen molar-refractivity contribution in [3.63, 3.8) is 0 Å². The minimum absolute atomic E-state index is 0.331. The SMILES string of the molecule is CCNC(=O)NC(=O)[C@@H]([NH2+]CCc1ccccc1OC)c1ccccc1. The van der Waals surface area contributed by atoms with Crippen LogP contribution < -0.4 is 20.7 Å². The number of quaternary nitrogens is 1. The first-order valence-corrected chi connectivity index (χ1v) is 8.74. The molecule has 26 heavy (non-hydrogen) atoms. The maximum atomic E-state index is 12.6. The number of carbonyl (C=O) groups excluding carboxylic acids is 2. The number of amides is 3. The molecule has 0 aliphatic heterocycles. The maximum Gasteiger partial charge on any atom is 0.321 e. The highest BCUT2D eigenvalue weighted by atomic mass is 16.5. The Labute approximate surface area is 153 Å². The van der Waals surface area contributed by atoms with Crippen molar-refractivity contribution in [2.24, 2.45) is 0 Å². The van der Waals surface area contributed by atoms with Gasteiger partial charge in [0, 0.05) is 18.5 Å². The number of hydrogen-bond acceptors (Lipinski definition) is 3. The van der Waals surface area contributed by atoms with Crippen LogP contribution in [0.1, 0.15) is 24.1 Å². The fourth-order valence-corrected chi connectivity index (χ4v) is 2.76. The van der Waals surface area contributed by atoms with E-state index in [0.29, 0.717) is 13.1 Å². The van der Waals surface area contributed by atoms with E-state index in [1.54, 1.807) is 14.0 Å². The Morgan fingerprint density at radius 2 is 1.77 bits per heavy atom. The van der Waals surface area contributed by atoms with Gasteiger partial charge in [-0.3, -0.25) is 10.1 Å². The maximum absolute atomic E-state index is 12.6. The number of benzene rings is 2. The number of carbonyl (C=O) groups is 2. The molecule has 138 valence electrons. The monoisotopic (exact) mass is 356 g/mol. The second-order valence-corrected chi connectivity index (χ2v) is 5.82. The molecule has 0 aliphatic rings. The molecular formula is C20H26N3O3+. The lowest BCUT2D eigenvalue weighted by Crippen LogP contribution is -2.88. The first-order chi connectivity index (χ1) is 12.7. The zero-order chi connectivity index (χ0) is 18.8. The minimum atomic E-state index is -0.492. The summed E-state index contributed by atoms with van der Waals surface area (Å²) in [5, 5.41) is 6.93. The van der Waals surface area contributed by atoms with E-state index >= 15 is 0 Å². The molecule has 0 bridgehead atoms. The summed E-state index contributed by atoms with van der Waals surface area (Å²) in [6, 6.07) is 16.3. The summed E-state index contributed by atoms with van der Waals surface area (Å²) in [6.45, 7) is 2.95. The van der Waals surface area contributed by atoms with Crippen molar-refractivity contribution in [1.29, 1.82) is 0 Å². The van der Waals surface area contributed by atoms with Gasteiger partial charge in [0.05, 0.1) is 13.7 Å². The molecule has 0 saturated heterocycles. The molecular weight excluding hydrogens is 330 g/mol. The summed E-state index contributed by atoms with van der Waals surface area (Å²) in [4.78, 5) is 24.3. The molecule has 0 heterocycles. The van der Waals surface area contributed by atoms with Crippen molar-refractivity contribution in [2.45, 2.75) is 19.4 Å². The average molecular weight is 356 g/mol. The summed E-state index contributed by atoms with van der Waals surface area (Å²) in [7, 11) is 1.65. The molecule has 0 spiro atoms. The smallest absolute Gasteiger partial charge is 0.321 e. The average Bonchev–Trinajstić information content (AvgIpc) is 2.66. The molecule has 2 aromatic carbocycles. The number of imide groups is 1. The van der Waals surface area contributed by atoms with Crippen LogP contribution in [0.3, 0.4) is 0 Å². The standard InChI is InChI=1S/C20H25N3O3/c1-3-21-20(25)23-19(24)18(16-10-5-4-6-11-16)22-14-13-15-9-7-8-12-17(15)26-2/h4-12,18,22H,3,13-14H2,1-2H3,(H2,21,23,24,25)/p+1/t18-/m0/s1. The topological polar surface area (TPSA) is 84.0 Å². The van der Waals surface area contributed by atoms with E-state index in [1.807, 2.05) is 59.9 Å². The van der Waals surface area contributed by atoms with Gasteiger partial charge >= 0.3 is 6.03 Å². The third kappa shape index (κ3) is 5.60. The van der Waals surface area contributed by atoms with Gasteiger partial charge in [-0.15, -0.1) is 0 Å². The highest BCUT2D eigenvalue weighted by Gasteiger charge is 2.25. The Balaban J connectivity index is 2.04. The van der Waals surface area contributed by atoms with Crippen LogP contribution in [-0.4, -0.2) is 32.1 Å². The van der Waals surface area contributed by atoms with Crippen LogP contribution >= 0.6 is 0 Å². The molecule has 2 aromatic rings. The first kappa shape index (κ1) is 19.5. The van der Waals surface area contributed by atoms with Crippen molar-refractivity contribution in [1.82, 2.24) is 10.6 Å². The second-order valence-electron chi connectivity index (χ2n) is 5.82. The summed E-state index contributed by atoms with van der Waals surface area (Å²) < 4.78 is 5.37. The predicted octanol–water partition coefficient (Wildman–Crippen LogP) is 1.39. The van der Waals surface area contributed by atoms with E-state index in [9.17, 15) is 9.59 Å². The van der Waals surface area contributed by atoms with E-state index in [-0.39, 0.29) is 5.91 Å². The number of urea groups is 1. The third-order valence-corrected chi connectivity index (χ3v) is 4.02. The highest BCUT2D eigenvalue weighted by molar-refractivity contribution is 5.96. The molecule has 0 aliphatic carbocycles. The summed E-state index contributed by atoms with van der Waals surface area (Å²) >= 11 is 0. The fourth-order valence-electron chi connectivity index (χ4n) is 2.76. The number of rotatable bonds is 8. The predicted molar refractivity (Wildman–Crippen MR) is 99.9 cm³/mol. The Morgan fingerprint density at radius 3 is 2.46 bits per heavy atom. The summed E-state index contributed by atoms with van der Waals surface area (Å²) in [6.07, 6.45) is 0.752. The quantitative estimate of drug-likeness (QED) is 0.668. The highest BCUT2D eigenvalue weighted by Crippen LogP contribution is 2.17. The van der Waals surface area contributed by atoms with Crippen LogP contribution in [0.2, 0.25) is 0 Å². The number of nitrogens with two attached hydrogens (primary N) is 1. The van der Waals surface area contributed by atoms with Crippen LogP contribution in [0.25, 0.3) is 0 Å². The molecule has 6 heteroatoms. The third-order valence-electron chi connectivity index (χ3n) is 4.02. The molecule has 0 saturated carbocycles. The Kier molecular flexibility index (Phi) is 7.64. The first-order valence-electron chi connectivity index (χ1n) is 8.74. The zero-order valence-electron chi connectivity index (χ0n) is 15.2. The number of para-hydroxylation sites is 1. The lowest BCUT2D eigenvalue weighted by Gasteiger charge is -2.16. The van der Waals surface area contributed by atoms with Gasteiger partial charge < -0.3 is 15.4 Å².